The predicted octanol–water partition coefficient (Wildman–Crippen LogP) is 3.95. The Bertz CT molecular complexity index is 1150. The van der Waals surface area contributed by atoms with Gasteiger partial charge in [0.05, 0.1) is 10.2 Å². The van der Waals surface area contributed by atoms with E-state index in [1.165, 1.54) is 35.8 Å². The number of carboxylic acid groups (broad SMARTS) is 1. The van der Waals surface area contributed by atoms with E-state index in [1.807, 2.05) is 0 Å². The van der Waals surface area contributed by atoms with Crippen LogP contribution >= 0.6 is 22.9 Å². The quantitative estimate of drug-likeness (QED) is 0.669. The number of amides is 1. The van der Waals surface area contributed by atoms with Crippen molar-refractivity contribution in [2.24, 2.45) is 4.99 Å². The number of aromatic nitrogens is 1. The molecule has 1 N–H and O–H groups in total. The van der Waals surface area contributed by atoms with Gasteiger partial charge >= 0.3 is 5.97 Å². The minimum absolute atomic E-state index is 0.133. The van der Waals surface area contributed by atoms with Crippen LogP contribution in [0.2, 0.25) is 5.02 Å². The van der Waals surface area contributed by atoms with Crippen LogP contribution in [0, 0.1) is 0 Å². The zero-order valence-electron chi connectivity index (χ0n) is 14.5. The lowest BCUT2D eigenvalue weighted by atomic mass is 10.1. The molecule has 8 heteroatoms. The molecule has 6 nitrogen and oxygen atoms in total. The number of carbonyl (C=O) groups is 3. The Kier molecular flexibility index (Phi) is 5.25. The van der Waals surface area contributed by atoms with E-state index < -0.39 is 17.9 Å². The molecule has 0 bridgehead atoms. The van der Waals surface area contributed by atoms with Crippen molar-refractivity contribution in [2.45, 2.75) is 19.9 Å². The van der Waals surface area contributed by atoms with Gasteiger partial charge in [-0.2, -0.15) is 4.99 Å². The number of Topliss-reactive ketones (excluding diaryl/α,β-unsaturated/α-hetero) is 1. The Hall–Kier alpha value is -2.77. The highest BCUT2D eigenvalue weighted by molar-refractivity contribution is 7.16. The molecule has 2 aromatic carbocycles. The first-order valence-corrected chi connectivity index (χ1v) is 9.21. The maximum absolute atomic E-state index is 12.5. The van der Waals surface area contributed by atoms with Crippen LogP contribution in [0.4, 0.5) is 0 Å². The number of hydrogen-bond acceptors (Lipinski definition) is 4. The second-order valence-electron chi connectivity index (χ2n) is 5.93. The summed E-state index contributed by atoms with van der Waals surface area (Å²) in [6.07, 6.45) is 0. The first-order valence-electron chi connectivity index (χ1n) is 8.01. The monoisotopic (exact) mass is 402 g/mol. The third-order valence-corrected chi connectivity index (χ3v) is 5.32. The number of halogens is 1. The molecule has 0 fully saturated rings. The lowest BCUT2D eigenvalue weighted by molar-refractivity contribution is -0.140. The summed E-state index contributed by atoms with van der Waals surface area (Å²) in [6.45, 7) is 2.93. The molecule has 1 unspecified atom stereocenters. The van der Waals surface area contributed by atoms with Gasteiger partial charge in [0.25, 0.3) is 5.91 Å². The third-order valence-electron chi connectivity index (χ3n) is 4.05. The maximum atomic E-state index is 12.5. The molecule has 3 rings (SSSR count). The van der Waals surface area contributed by atoms with Crippen LogP contribution in [0.1, 0.15) is 40.6 Å². The summed E-state index contributed by atoms with van der Waals surface area (Å²) < 4.78 is 2.18. The molecule has 0 aliphatic rings. The molecular formula is C19H15ClN2O4S. The Labute approximate surface area is 163 Å². The number of carboxylic acids is 1. The van der Waals surface area contributed by atoms with Crippen molar-refractivity contribution >= 4 is 50.8 Å². The number of fused-ring (bicyclic) bond motifs is 1. The topological polar surface area (TPSA) is 88.7 Å². The molecule has 0 saturated carbocycles. The van der Waals surface area contributed by atoms with Crippen molar-refractivity contribution in [3.63, 3.8) is 0 Å². The van der Waals surface area contributed by atoms with Gasteiger partial charge in [-0.1, -0.05) is 29.0 Å². The third kappa shape index (κ3) is 3.84. The summed E-state index contributed by atoms with van der Waals surface area (Å²) in [4.78, 5) is 40.2. The van der Waals surface area contributed by atoms with Gasteiger partial charge in [-0.15, -0.1) is 0 Å². The minimum Gasteiger partial charge on any atom is -0.480 e. The average molecular weight is 403 g/mol. The van der Waals surface area contributed by atoms with Gasteiger partial charge in [0.15, 0.2) is 10.6 Å². The van der Waals surface area contributed by atoms with E-state index in [4.69, 9.17) is 11.6 Å². The Balaban J connectivity index is 2.25. The Morgan fingerprint density at radius 2 is 1.89 bits per heavy atom. The fourth-order valence-corrected chi connectivity index (χ4v) is 3.86. The Morgan fingerprint density at radius 3 is 2.52 bits per heavy atom. The number of carbonyl (C=O) groups excluding carboxylic acids is 2. The molecule has 1 aromatic heterocycles. The predicted molar refractivity (Wildman–Crippen MR) is 104 cm³/mol. The summed E-state index contributed by atoms with van der Waals surface area (Å²) in [6, 6.07) is 10.4. The zero-order chi connectivity index (χ0) is 19.7. The van der Waals surface area contributed by atoms with Gasteiger partial charge in [-0.25, -0.2) is 4.79 Å². The summed E-state index contributed by atoms with van der Waals surface area (Å²) >= 11 is 7.11. The van der Waals surface area contributed by atoms with E-state index in [-0.39, 0.29) is 10.6 Å². The molecule has 0 aliphatic carbocycles. The molecule has 1 amide bonds. The molecule has 1 atom stereocenters. The van der Waals surface area contributed by atoms with Gasteiger partial charge in [-0.3, -0.25) is 9.59 Å². The second kappa shape index (κ2) is 7.46. The minimum atomic E-state index is -1.07. The van der Waals surface area contributed by atoms with Crippen molar-refractivity contribution in [2.75, 3.05) is 0 Å². The fourth-order valence-electron chi connectivity index (χ4n) is 2.60. The molecule has 3 aromatic rings. The number of benzene rings is 2. The van der Waals surface area contributed by atoms with E-state index in [0.29, 0.717) is 21.7 Å². The van der Waals surface area contributed by atoms with E-state index in [1.54, 1.807) is 36.4 Å². The summed E-state index contributed by atoms with van der Waals surface area (Å²) in [5.74, 6) is -1.73. The normalized spacial score (nSPS) is 12.9. The summed E-state index contributed by atoms with van der Waals surface area (Å²) in [7, 11) is 0. The average Bonchev–Trinajstić information content (AvgIpc) is 2.97. The van der Waals surface area contributed by atoms with Crippen molar-refractivity contribution < 1.29 is 19.5 Å². The van der Waals surface area contributed by atoms with Gasteiger partial charge in [0.2, 0.25) is 0 Å². The number of aliphatic carboxylic acids is 1. The van der Waals surface area contributed by atoms with E-state index in [0.717, 1.165) is 4.70 Å². The number of rotatable bonds is 4. The van der Waals surface area contributed by atoms with Crippen molar-refractivity contribution in [3.05, 3.63) is 63.4 Å². The van der Waals surface area contributed by atoms with E-state index in [9.17, 15) is 19.5 Å². The molecule has 0 saturated heterocycles. The van der Waals surface area contributed by atoms with Crippen LogP contribution in [-0.2, 0) is 4.79 Å². The first-order chi connectivity index (χ1) is 12.8. The van der Waals surface area contributed by atoms with Crippen molar-refractivity contribution in [3.8, 4) is 0 Å². The highest BCUT2D eigenvalue weighted by Crippen LogP contribution is 2.23. The highest BCUT2D eigenvalue weighted by Gasteiger charge is 2.20. The first kappa shape index (κ1) is 19.0. The van der Waals surface area contributed by atoms with Gasteiger partial charge < -0.3 is 9.67 Å². The van der Waals surface area contributed by atoms with Crippen molar-refractivity contribution in [1.82, 2.24) is 4.57 Å². The maximum Gasteiger partial charge on any atom is 0.326 e. The molecule has 0 radical (unpaired) electrons. The lowest BCUT2D eigenvalue weighted by Crippen LogP contribution is -2.25. The second-order valence-corrected chi connectivity index (χ2v) is 7.38. The van der Waals surface area contributed by atoms with Crippen LogP contribution in [0.25, 0.3) is 10.2 Å². The molecule has 0 aliphatic heterocycles. The van der Waals surface area contributed by atoms with Crippen LogP contribution < -0.4 is 4.80 Å². The van der Waals surface area contributed by atoms with Gasteiger partial charge in [-0.05, 0) is 50.2 Å². The van der Waals surface area contributed by atoms with Crippen LogP contribution in [0.15, 0.2) is 47.5 Å². The van der Waals surface area contributed by atoms with Gasteiger partial charge in [0.1, 0.15) is 6.04 Å². The number of ketones is 1. The molecule has 27 heavy (non-hydrogen) atoms. The van der Waals surface area contributed by atoms with Gasteiger partial charge in [0, 0.05) is 16.1 Å². The lowest BCUT2D eigenvalue weighted by Gasteiger charge is -2.10. The molecule has 138 valence electrons. The molecule has 0 spiro atoms. The van der Waals surface area contributed by atoms with Crippen LogP contribution in [0.3, 0.4) is 0 Å². The fraction of sp³-hybridized carbons (Fsp3) is 0.158. The van der Waals surface area contributed by atoms with Crippen LogP contribution in [0.5, 0.6) is 0 Å². The van der Waals surface area contributed by atoms with Crippen LogP contribution in [-0.4, -0.2) is 27.3 Å². The smallest absolute Gasteiger partial charge is 0.326 e. The standard InChI is InChI=1S/C19H15ClN2O4S/c1-10(18(25)26)22-15-9-12(11(2)23)6-7-16(15)27-19(22)21-17(24)13-4-3-5-14(20)8-13/h3-10H,1-2H3,(H,25,26)/b21-19-. The summed E-state index contributed by atoms with van der Waals surface area (Å²) in [5, 5.41) is 9.88. The summed E-state index contributed by atoms with van der Waals surface area (Å²) in [5.41, 5.74) is 1.30. The van der Waals surface area contributed by atoms with E-state index in [2.05, 4.69) is 4.99 Å². The number of thiazole rings is 1. The molecule has 1 heterocycles. The largest absolute Gasteiger partial charge is 0.480 e. The Morgan fingerprint density at radius 1 is 1.15 bits per heavy atom. The SMILES string of the molecule is CC(=O)c1ccc2s/c(=N\C(=O)c3cccc(Cl)c3)n(C(C)C(=O)O)c2c1. The van der Waals surface area contributed by atoms with Crippen molar-refractivity contribution in [1.29, 1.82) is 0 Å². The van der Waals surface area contributed by atoms with E-state index >= 15 is 0 Å². The number of nitrogens with zero attached hydrogens (tertiary/aromatic N) is 2. The number of hydrogen-bond donors (Lipinski definition) is 1. The highest BCUT2D eigenvalue weighted by atomic mass is 35.5. The zero-order valence-corrected chi connectivity index (χ0v) is 16.0. The molecular weight excluding hydrogens is 388 g/mol.